The molecule has 4 rings (SSSR count). The van der Waals surface area contributed by atoms with Crippen LogP contribution in [0.1, 0.15) is 0 Å². The Morgan fingerprint density at radius 2 is 1.79 bits per heavy atom. The van der Waals surface area contributed by atoms with E-state index in [1.807, 2.05) is 48.7 Å². The molecule has 0 amide bonds. The van der Waals surface area contributed by atoms with Gasteiger partial charge in [0.15, 0.2) is 0 Å². The largest absolute Gasteiger partial charge is 0.491 e. The minimum atomic E-state index is -0.512. The first-order chi connectivity index (χ1) is 13.7. The zero-order valence-electron chi connectivity index (χ0n) is 15.7. The average Bonchev–Trinajstić information content (AvgIpc) is 2.73. The minimum absolute atomic E-state index is 0.294. The number of hydrogen-bond acceptors (Lipinski definition) is 5. The monoisotopic (exact) mass is 441 g/mol. The van der Waals surface area contributed by atoms with E-state index in [1.165, 1.54) is 0 Å². The molecule has 28 heavy (non-hydrogen) atoms. The molecule has 0 unspecified atom stereocenters. The minimum Gasteiger partial charge on any atom is -0.491 e. The lowest BCUT2D eigenvalue weighted by Crippen LogP contribution is -2.49. The van der Waals surface area contributed by atoms with E-state index in [4.69, 9.17) is 4.74 Å². The summed E-state index contributed by atoms with van der Waals surface area (Å²) in [6.07, 6.45) is 1.32. The lowest BCUT2D eigenvalue weighted by molar-refractivity contribution is 0.0663. The second-order valence-electron chi connectivity index (χ2n) is 7.09. The number of aromatic nitrogens is 1. The van der Waals surface area contributed by atoms with Crippen LogP contribution in [-0.2, 0) is 0 Å². The van der Waals surface area contributed by atoms with Gasteiger partial charge in [-0.15, -0.1) is 0 Å². The molecule has 1 fully saturated rings. The molecule has 1 aliphatic rings. The zero-order valence-corrected chi connectivity index (χ0v) is 17.3. The molecule has 1 N–H and O–H groups in total. The summed E-state index contributed by atoms with van der Waals surface area (Å²) in [5.41, 5.74) is 0. The van der Waals surface area contributed by atoms with Crippen LogP contribution in [-0.4, -0.2) is 60.4 Å². The van der Waals surface area contributed by atoms with Gasteiger partial charge in [0.1, 0.15) is 24.3 Å². The van der Waals surface area contributed by atoms with Crippen molar-refractivity contribution in [1.82, 2.24) is 9.88 Å². The van der Waals surface area contributed by atoms with Crippen LogP contribution in [0.5, 0.6) is 5.75 Å². The van der Waals surface area contributed by atoms with Crippen molar-refractivity contribution in [3.63, 3.8) is 0 Å². The molecule has 0 spiro atoms. The first kappa shape index (κ1) is 19.2. The molecule has 1 saturated heterocycles. The molecule has 1 aliphatic heterocycles. The summed E-state index contributed by atoms with van der Waals surface area (Å²) in [4.78, 5) is 8.98. The average molecular weight is 442 g/mol. The fraction of sp³-hybridized carbons (Fsp3) is 0.318. The fourth-order valence-corrected chi connectivity index (χ4v) is 3.91. The van der Waals surface area contributed by atoms with Crippen molar-refractivity contribution in [2.24, 2.45) is 0 Å². The van der Waals surface area contributed by atoms with Gasteiger partial charge in [-0.25, -0.2) is 4.98 Å². The van der Waals surface area contributed by atoms with E-state index in [0.717, 1.165) is 53.0 Å². The van der Waals surface area contributed by atoms with Crippen LogP contribution in [0.4, 0.5) is 5.82 Å². The molecule has 0 bridgehead atoms. The normalized spacial score (nSPS) is 16.3. The standard InChI is InChI=1S/C22H24BrN3O2/c23-19-6-4-18-14-21(7-5-17(18)13-19)28-16-20(27)15-25-9-11-26(12-10-25)22-3-1-2-8-24-22/h1-8,13-14,20,27H,9-12,15-16H2/t20-/m0/s1. The Morgan fingerprint density at radius 3 is 2.57 bits per heavy atom. The maximum absolute atomic E-state index is 10.4. The van der Waals surface area contributed by atoms with Crippen LogP contribution in [0, 0.1) is 0 Å². The zero-order chi connectivity index (χ0) is 19.3. The maximum Gasteiger partial charge on any atom is 0.128 e. The summed E-state index contributed by atoms with van der Waals surface area (Å²) < 4.78 is 6.89. The third-order valence-corrected chi connectivity index (χ3v) is 5.52. The van der Waals surface area contributed by atoms with Gasteiger partial charge in [0.05, 0.1) is 0 Å². The Kier molecular flexibility index (Phi) is 6.10. The second-order valence-corrected chi connectivity index (χ2v) is 8.01. The van der Waals surface area contributed by atoms with Gasteiger partial charge in [-0.05, 0) is 47.2 Å². The SMILES string of the molecule is O[C@H](COc1ccc2cc(Br)ccc2c1)CN1CCN(c2ccccn2)CC1. The van der Waals surface area contributed by atoms with E-state index in [2.05, 4.69) is 42.8 Å². The predicted molar refractivity (Wildman–Crippen MR) is 116 cm³/mol. The molecule has 2 heterocycles. The first-order valence-corrected chi connectivity index (χ1v) is 10.4. The Balaban J connectivity index is 1.25. The lowest BCUT2D eigenvalue weighted by atomic mass is 10.1. The van der Waals surface area contributed by atoms with Gasteiger partial charge in [0.2, 0.25) is 0 Å². The number of benzene rings is 2. The van der Waals surface area contributed by atoms with E-state index >= 15 is 0 Å². The molecule has 6 heteroatoms. The van der Waals surface area contributed by atoms with Crippen molar-refractivity contribution in [2.45, 2.75) is 6.10 Å². The summed E-state index contributed by atoms with van der Waals surface area (Å²) in [5, 5.41) is 12.7. The Morgan fingerprint density at radius 1 is 1.00 bits per heavy atom. The van der Waals surface area contributed by atoms with E-state index in [0.29, 0.717) is 13.2 Å². The number of ether oxygens (including phenoxy) is 1. The fourth-order valence-electron chi connectivity index (χ4n) is 3.53. The van der Waals surface area contributed by atoms with Crippen LogP contribution in [0.25, 0.3) is 10.8 Å². The highest BCUT2D eigenvalue weighted by Crippen LogP contribution is 2.24. The summed E-state index contributed by atoms with van der Waals surface area (Å²) in [7, 11) is 0. The van der Waals surface area contributed by atoms with Crippen molar-refractivity contribution in [2.75, 3.05) is 44.2 Å². The van der Waals surface area contributed by atoms with Gasteiger partial charge in [0, 0.05) is 43.4 Å². The number of piperazine rings is 1. The van der Waals surface area contributed by atoms with Crippen molar-refractivity contribution in [3.8, 4) is 5.75 Å². The number of rotatable bonds is 6. The molecule has 2 aromatic carbocycles. The second kappa shape index (κ2) is 8.90. The van der Waals surface area contributed by atoms with Crippen LogP contribution in [0.2, 0.25) is 0 Å². The number of aliphatic hydroxyl groups excluding tert-OH is 1. The number of hydrogen-bond donors (Lipinski definition) is 1. The number of β-amino-alcohol motifs (C(OH)–C–C–N with tert-alkyl or cyclic N) is 1. The van der Waals surface area contributed by atoms with Gasteiger partial charge in [-0.3, -0.25) is 4.90 Å². The molecule has 0 radical (unpaired) electrons. The van der Waals surface area contributed by atoms with Crippen LogP contribution in [0.15, 0.2) is 65.3 Å². The van der Waals surface area contributed by atoms with Gasteiger partial charge in [0.25, 0.3) is 0 Å². The highest BCUT2D eigenvalue weighted by molar-refractivity contribution is 9.10. The predicted octanol–water partition coefficient (Wildman–Crippen LogP) is 3.56. The Bertz CT molecular complexity index is 914. The van der Waals surface area contributed by atoms with Gasteiger partial charge >= 0.3 is 0 Å². The van der Waals surface area contributed by atoms with E-state index in [-0.39, 0.29) is 0 Å². The highest BCUT2D eigenvalue weighted by Gasteiger charge is 2.20. The number of halogens is 1. The summed E-state index contributed by atoms with van der Waals surface area (Å²) in [6.45, 7) is 4.59. The summed E-state index contributed by atoms with van der Waals surface area (Å²) in [6, 6.07) is 18.2. The molecule has 0 saturated carbocycles. The molecule has 5 nitrogen and oxygen atoms in total. The van der Waals surface area contributed by atoms with Crippen molar-refractivity contribution < 1.29 is 9.84 Å². The van der Waals surface area contributed by atoms with Crippen molar-refractivity contribution >= 4 is 32.5 Å². The number of nitrogens with zero attached hydrogens (tertiary/aromatic N) is 3. The van der Waals surface area contributed by atoms with Crippen molar-refractivity contribution in [1.29, 1.82) is 0 Å². The van der Waals surface area contributed by atoms with E-state index in [9.17, 15) is 5.11 Å². The summed E-state index contributed by atoms with van der Waals surface area (Å²) >= 11 is 3.49. The molecular formula is C22H24BrN3O2. The van der Waals surface area contributed by atoms with Gasteiger partial charge < -0.3 is 14.7 Å². The summed E-state index contributed by atoms with van der Waals surface area (Å²) in [5.74, 6) is 1.81. The van der Waals surface area contributed by atoms with Crippen LogP contribution in [0.3, 0.4) is 0 Å². The number of pyridine rings is 1. The smallest absolute Gasteiger partial charge is 0.128 e. The third-order valence-electron chi connectivity index (χ3n) is 5.03. The Labute approximate surface area is 173 Å². The quantitative estimate of drug-likeness (QED) is 0.633. The van der Waals surface area contributed by atoms with Crippen molar-refractivity contribution in [3.05, 3.63) is 65.3 Å². The highest BCUT2D eigenvalue weighted by atomic mass is 79.9. The van der Waals surface area contributed by atoms with E-state index in [1.54, 1.807) is 0 Å². The molecular weight excluding hydrogens is 418 g/mol. The van der Waals surface area contributed by atoms with Gasteiger partial charge in [-0.2, -0.15) is 0 Å². The maximum atomic E-state index is 10.4. The number of anilines is 1. The van der Waals surface area contributed by atoms with Crippen LogP contribution < -0.4 is 9.64 Å². The lowest BCUT2D eigenvalue weighted by Gasteiger charge is -2.36. The molecule has 3 aromatic rings. The number of fused-ring (bicyclic) bond motifs is 1. The first-order valence-electron chi connectivity index (χ1n) is 9.56. The molecule has 1 atom stereocenters. The molecule has 0 aliphatic carbocycles. The van der Waals surface area contributed by atoms with E-state index < -0.39 is 6.10 Å². The topological polar surface area (TPSA) is 48.8 Å². The Hall–Kier alpha value is -2.15. The molecule has 146 valence electrons. The third kappa shape index (κ3) is 4.82. The molecule has 1 aromatic heterocycles. The van der Waals surface area contributed by atoms with Crippen LogP contribution >= 0.6 is 15.9 Å². The van der Waals surface area contributed by atoms with Gasteiger partial charge in [-0.1, -0.05) is 34.1 Å². The number of aliphatic hydroxyl groups is 1.